The Kier molecular flexibility index (Phi) is 4.96. The van der Waals surface area contributed by atoms with Crippen molar-refractivity contribution in [2.45, 2.75) is 115 Å². The largest absolute Gasteiger partial charge is 0.368 e. The number of hydrogen-bond acceptors (Lipinski definition) is 4. The van der Waals surface area contributed by atoms with Crippen LogP contribution in [0, 0.1) is 10.8 Å². The van der Waals surface area contributed by atoms with E-state index in [4.69, 9.17) is 9.47 Å². The number of anilines is 2. The summed E-state index contributed by atoms with van der Waals surface area (Å²) in [5, 5.41) is 2.09. The van der Waals surface area contributed by atoms with E-state index in [1.54, 1.807) is 0 Å². The molecule has 8 rings (SSSR count). The summed E-state index contributed by atoms with van der Waals surface area (Å²) in [7, 11) is 0. The van der Waals surface area contributed by atoms with Crippen molar-refractivity contribution in [3.63, 3.8) is 0 Å². The van der Waals surface area contributed by atoms with Gasteiger partial charge in [0.1, 0.15) is 12.2 Å². The first kappa shape index (κ1) is 23.4. The number of benzene rings is 2. The van der Waals surface area contributed by atoms with Gasteiger partial charge in [0.25, 0.3) is 0 Å². The number of epoxide rings is 2. The third-order valence-corrected chi connectivity index (χ3v) is 11.0. The van der Waals surface area contributed by atoms with Crippen LogP contribution in [0.25, 0.3) is 10.8 Å². The highest BCUT2D eigenvalue weighted by Crippen LogP contribution is 2.59. The van der Waals surface area contributed by atoms with E-state index < -0.39 is 0 Å². The number of carbonyl (C=O) groups excluding carboxylic acids is 2. The molecule has 0 radical (unpaired) electrons. The highest BCUT2D eigenvalue weighted by atomic mass is 16.6. The average molecular weight is 515 g/mol. The fraction of sp³-hybridized carbons (Fsp3) is 0.625. The number of nitrogens with zero attached hydrogens (tertiary/aromatic N) is 2. The molecule has 4 aliphatic heterocycles. The van der Waals surface area contributed by atoms with E-state index in [2.05, 4.69) is 60.0 Å². The van der Waals surface area contributed by atoms with Crippen molar-refractivity contribution >= 4 is 34.0 Å². The Labute approximate surface area is 224 Å². The van der Waals surface area contributed by atoms with Crippen LogP contribution in [0.4, 0.5) is 11.4 Å². The van der Waals surface area contributed by atoms with Crippen LogP contribution in [-0.2, 0) is 19.1 Å². The number of carbonyl (C=O) groups is 2. The number of amides is 2. The second kappa shape index (κ2) is 8.04. The normalized spacial score (nSPS) is 36.9. The topological polar surface area (TPSA) is 65.7 Å². The molecule has 2 unspecified atom stereocenters. The highest BCUT2D eigenvalue weighted by molar-refractivity contribution is 6.16. The number of rotatable bonds is 4. The van der Waals surface area contributed by atoms with E-state index in [1.165, 1.54) is 12.8 Å². The van der Waals surface area contributed by atoms with Crippen molar-refractivity contribution in [2.75, 3.05) is 9.80 Å². The SMILES string of the molecule is C[C@@H]1O[C@H]1C1N(c2cccc3c(N4C(=O)C5(CCCCC5)C4[C@H]4O[C@@H]4C)cccc23)C(=O)C12CCCCC2. The minimum absolute atomic E-state index is 0.101. The summed E-state index contributed by atoms with van der Waals surface area (Å²) in [5.74, 6) is 0.532. The first-order valence-electron chi connectivity index (χ1n) is 15.0. The van der Waals surface area contributed by atoms with Gasteiger partial charge in [0, 0.05) is 10.8 Å². The van der Waals surface area contributed by atoms with Crippen LogP contribution >= 0.6 is 0 Å². The quantitative estimate of drug-likeness (QED) is 0.385. The van der Waals surface area contributed by atoms with E-state index in [9.17, 15) is 9.59 Å². The average Bonchev–Trinajstić information content (AvgIpc) is 3.87. The molecule has 0 aromatic heterocycles. The lowest BCUT2D eigenvalue weighted by Gasteiger charge is -2.58. The molecular formula is C32H38N2O4. The Morgan fingerprint density at radius 1 is 0.632 bits per heavy atom. The number of hydrogen-bond donors (Lipinski definition) is 0. The van der Waals surface area contributed by atoms with Gasteiger partial charge in [-0.3, -0.25) is 9.59 Å². The lowest BCUT2D eigenvalue weighted by molar-refractivity contribution is -0.144. The fourth-order valence-electron chi connectivity index (χ4n) is 8.94. The van der Waals surface area contributed by atoms with Crippen LogP contribution in [0.3, 0.4) is 0 Å². The first-order chi connectivity index (χ1) is 18.5. The van der Waals surface area contributed by atoms with E-state index in [1.807, 2.05) is 0 Å². The molecule has 6 fully saturated rings. The molecule has 2 spiro atoms. The van der Waals surface area contributed by atoms with Crippen molar-refractivity contribution in [2.24, 2.45) is 10.8 Å². The number of ether oxygens (including phenoxy) is 2. The molecule has 38 heavy (non-hydrogen) atoms. The van der Waals surface area contributed by atoms with Crippen molar-refractivity contribution < 1.29 is 19.1 Å². The molecule has 2 aliphatic carbocycles. The van der Waals surface area contributed by atoms with Gasteiger partial charge < -0.3 is 19.3 Å². The molecule has 6 heteroatoms. The summed E-state index contributed by atoms with van der Waals surface area (Å²) >= 11 is 0. The van der Waals surface area contributed by atoms with Crippen LogP contribution in [0.2, 0.25) is 0 Å². The molecule has 0 N–H and O–H groups in total. The first-order valence-corrected chi connectivity index (χ1v) is 15.0. The monoisotopic (exact) mass is 514 g/mol. The molecule has 6 atom stereocenters. The molecule has 4 heterocycles. The van der Waals surface area contributed by atoms with Gasteiger partial charge in [-0.05, 0) is 51.7 Å². The van der Waals surface area contributed by atoms with Crippen LogP contribution in [-0.4, -0.2) is 48.3 Å². The zero-order valence-corrected chi connectivity index (χ0v) is 22.5. The predicted molar refractivity (Wildman–Crippen MR) is 146 cm³/mol. The zero-order valence-electron chi connectivity index (χ0n) is 22.5. The third-order valence-electron chi connectivity index (χ3n) is 11.0. The van der Waals surface area contributed by atoms with Gasteiger partial charge in [0.15, 0.2) is 0 Å². The molecular weight excluding hydrogens is 476 g/mol. The van der Waals surface area contributed by atoms with Crippen molar-refractivity contribution in [3.8, 4) is 0 Å². The van der Waals surface area contributed by atoms with Gasteiger partial charge in [-0.25, -0.2) is 0 Å². The van der Waals surface area contributed by atoms with E-state index in [0.717, 1.165) is 73.5 Å². The zero-order chi connectivity index (χ0) is 25.8. The summed E-state index contributed by atoms with van der Waals surface area (Å²) in [6.07, 6.45) is 11.5. The summed E-state index contributed by atoms with van der Waals surface area (Å²) < 4.78 is 12.0. The standard InChI is InChI=1S/C32H38N2O4/c1-19-25(37-19)27-31(15-5-3-6-16-31)29(35)33(27)23-13-9-12-22-21(23)11-10-14-24(22)34-28(26-20(2)38-26)32(30(34)36)17-7-4-8-18-32/h9-14,19-20,25-28H,3-8,15-18H2,1-2H3/t19-,20+,25+,26-,27?,28?. The van der Waals surface area contributed by atoms with Crippen LogP contribution < -0.4 is 9.80 Å². The van der Waals surface area contributed by atoms with Gasteiger partial charge >= 0.3 is 0 Å². The number of β-lactam (4-membered cyclic amide) rings is 2. The van der Waals surface area contributed by atoms with Crippen molar-refractivity contribution in [1.29, 1.82) is 0 Å². The molecule has 200 valence electrons. The van der Waals surface area contributed by atoms with E-state index in [0.29, 0.717) is 0 Å². The van der Waals surface area contributed by atoms with Gasteiger partial charge in [-0.2, -0.15) is 0 Å². The summed E-state index contributed by atoms with van der Waals surface area (Å²) in [4.78, 5) is 32.0. The number of fused-ring (bicyclic) bond motifs is 1. The Hall–Kier alpha value is -2.44. The highest BCUT2D eigenvalue weighted by Gasteiger charge is 2.69. The van der Waals surface area contributed by atoms with Crippen molar-refractivity contribution in [1.82, 2.24) is 0 Å². The Morgan fingerprint density at radius 2 is 1.00 bits per heavy atom. The van der Waals surface area contributed by atoms with Crippen LogP contribution in [0.5, 0.6) is 0 Å². The molecule has 2 aromatic rings. The molecule has 2 aromatic carbocycles. The minimum atomic E-state index is -0.265. The van der Waals surface area contributed by atoms with Gasteiger partial charge in [-0.15, -0.1) is 0 Å². The van der Waals surface area contributed by atoms with E-state index >= 15 is 0 Å². The third kappa shape index (κ3) is 2.96. The lowest BCUT2D eigenvalue weighted by Crippen LogP contribution is -2.72. The van der Waals surface area contributed by atoms with Crippen LogP contribution in [0.15, 0.2) is 36.4 Å². The summed E-state index contributed by atoms with van der Waals surface area (Å²) in [6, 6.07) is 12.7. The minimum Gasteiger partial charge on any atom is -0.368 e. The molecule has 6 aliphatic rings. The second-order valence-electron chi connectivity index (χ2n) is 12.9. The fourth-order valence-corrected chi connectivity index (χ4v) is 8.94. The van der Waals surface area contributed by atoms with Crippen LogP contribution in [0.1, 0.15) is 78.1 Å². The second-order valence-corrected chi connectivity index (χ2v) is 12.9. The maximum absolute atomic E-state index is 13.9. The Morgan fingerprint density at radius 3 is 1.34 bits per heavy atom. The lowest BCUT2D eigenvalue weighted by atomic mass is 9.60. The molecule has 0 bridgehead atoms. The Balaban J connectivity index is 1.20. The van der Waals surface area contributed by atoms with Gasteiger partial charge in [0.2, 0.25) is 11.8 Å². The Bertz CT molecular complexity index is 1220. The summed E-state index contributed by atoms with van der Waals surface area (Å²) in [5.41, 5.74) is 1.40. The molecule has 2 amide bonds. The van der Waals surface area contributed by atoms with Crippen molar-refractivity contribution in [3.05, 3.63) is 36.4 Å². The van der Waals surface area contributed by atoms with Gasteiger partial charge in [0.05, 0.1) is 46.5 Å². The smallest absolute Gasteiger partial charge is 0.235 e. The summed E-state index contributed by atoms with van der Waals surface area (Å²) in [6.45, 7) is 4.25. The van der Waals surface area contributed by atoms with Gasteiger partial charge in [-0.1, -0.05) is 62.8 Å². The molecule has 6 nitrogen and oxygen atoms in total. The maximum Gasteiger partial charge on any atom is 0.235 e. The maximum atomic E-state index is 13.9. The van der Waals surface area contributed by atoms with E-state index in [-0.39, 0.29) is 59.1 Å². The molecule has 2 saturated carbocycles. The predicted octanol–water partition coefficient (Wildman–Crippen LogP) is 5.75. The molecule has 4 saturated heterocycles.